The lowest BCUT2D eigenvalue weighted by Crippen LogP contribution is -2.49. The Labute approximate surface area is 111 Å². The molecule has 1 saturated heterocycles. The number of amides is 1. The Balaban J connectivity index is 2.44. The number of nitrogens with zero attached hydrogens (tertiary/aromatic N) is 1. The van der Waals surface area contributed by atoms with E-state index in [0.717, 1.165) is 38.5 Å². The lowest BCUT2D eigenvalue weighted by molar-refractivity contribution is -0.120. The molecule has 1 fully saturated rings. The van der Waals surface area contributed by atoms with Crippen LogP contribution in [0.4, 0.5) is 0 Å². The van der Waals surface area contributed by atoms with Crippen LogP contribution in [0.1, 0.15) is 40.5 Å². The van der Waals surface area contributed by atoms with E-state index < -0.39 is 0 Å². The van der Waals surface area contributed by atoms with Gasteiger partial charge in [-0.1, -0.05) is 27.7 Å². The van der Waals surface area contributed by atoms with Gasteiger partial charge in [-0.2, -0.15) is 0 Å². The zero-order chi connectivity index (χ0) is 13.8. The zero-order valence-corrected chi connectivity index (χ0v) is 12.3. The molecule has 0 radical (unpaired) electrons. The molecule has 1 aliphatic heterocycles. The summed E-state index contributed by atoms with van der Waals surface area (Å²) in [5, 5.41) is 3.23. The van der Waals surface area contributed by atoms with Gasteiger partial charge in [0.15, 0.2) is 0 Å². The van der Waals surface area contributed by atoms with E-state index in [1.165, 1.54) is 6.42 Å². The van der Waals surface area contributed by atoms with Crippen LogP contribution in [0.2, 0.25) is 0 Å². The fourth-order valence-electron chi connectivity index (χ4n) is 2.54. The first-order valence-electron chi connectivity index (χ1n) is 7.09. The van der Waals surface area contributed by atoms with Gasteiger partial charge >= 0.3 is 0 Å². The molecule has 18 heavy (non-hydrogen) atoms. The summed E-state index contributed by atoms with van der Waals surface area (Å²) in [6, 6.07) is -0.205. The Morgan fingerprint density at radius 3 is 2.61 bits per heavy atom. The third kappa shape index (κ3) is 4.58. The van der Waals surface area contributed by atoms with Crippen molar-refractivity contribution in [1.82, 2.24) is 10.2 Å². The number of carbonyl (C=O) groups excluding carboxylic acids is 1. The minimum absolute atomic E-state index is 0.205. The minimum Gasteiger partial charge on any atom is -0.368 e. The van der Waals surface area contributed by atoms with Crippen LogP contribution in [-0.2, 0) is 4.79 Å². The number of primary amides is 1. The first-order valence-corrected chi connectivity index (χ1v) is 7.09. The number of carbonyl (C=O) groups is 1. The van der Waals surface area contributed by atoms with Crippen LogP contribution in [0.25, 0.3) is 0 Å². The highest BCUT2D eigenvalue weighted by molar-refractivity contribution is 5.80. The van der Waals surface area contributed by atoms with Crippen molar-refractivity contribution in [2.24, 2.45) is 17.1 Å². The molecule has 0 spiro atoms. The number of nitrogens with two attached hydrogens (primary N) is 1. The van der Waals surface area contributed by atoms with E-state index in [4.69, 9.17) is 5.73 Å². The Bertz CT molecular complexity index is 273. The van der Waals surface area contributed by atoms with Gasteiger partial charge in [0.05, 0.1) is 6.04 Å². The van der Waals surface area contributed by atoms with Gasteiger partial charge < -0.3 is 16.0 Å². The van der Waals surface area contributed by atoms with Gasteiger partial charge in [-0.05, 0) is 37.3 Å². The second-order valence-corrected chi connectivity index (χ2v) is 6.52. The molecule has 106 valence electrons. The quantitative estimate of drug-likeness (QED) is 0.750. The highest BCUT2D eigenvalue weighted by Gasteiger charge is 2.33. The first kappa shape index (κ1) is 15.4. The van der Waals surface area contributed by atoms with E-state index in [1.54, 1.807) is 0 Å². The molecule has 0 aromatic carbocycles. The number of nitrogens with one attached hydrogen (secondary N) is 1. The lowest BCUT2D eigenvalue weighted by atomic mass is 9.80. The maximum absolute atomic E-state index is 11.4. The van der Waals surface area contributed by atoms with E-state index in [1.807, 2.05) is 0 Å². The average molecular weight is 255 g/mol. The predicted octanol–water partition coefficient (Wildman–Crippen LogP) is 1.21. The number of hydrogen-bond donors (Lipinski definition) is 2. The molecule has 0 bridgehead atoms. The number of likely N-dealkylation sites (tertiary alicyclic amines) is 1. The van der Waals surface area contributed by atoms with Crippen LogP contribution in [0.3, 0.4) is 0 Å². The molecule has 0 aromatic heterocycles. The molecule has 1 aliphatic rings. The molecule has 1 rings (SSSR count). The summed E-state index contributed by atoms with van der Waals surface area (Å²) in [6.07, 6.45) is 2.25. The van der Waals surface area contributed by atoms with E-state index in [2.05, 4.69) is 37.9 Å². The predicted molar refractivity (Wildman–Crippen MR) is 75.3 cm³/mol. The molecular formula is C14H29N3O. The van der Waals surface area contributed by atoms with Gasteiger partial charge in [0.1, 0.15) is 0 Å². The molecule has 3 N–H and O–H groups in total. The third-order valence-corrected chi connectivity index (χ3v) is 3.92. The second kappa shape index (κ2) is 6.53. The largest absolute Gasteiger partial charge is 0.368 e. The summed E-state index contributed by atoms with van der Waals surface area (Å²) >= 11 is 0. The van der Waals surface area contributed by atoms with Gasteiger partial charge in [0.2, 0.25) is 5.91 Å². The number of hydrogen-bond acceptors (Lipinski definition) is 3. The fourth-order valence-corrected chi connectivity index (χ4v) is 2.54. The smallest absolute Gasteiger partial charge is 0.235 e. The monoisotopic (exact) mass is 255 g/mol. The molecular weight excluding hydrogens is 226 g/mol. The molecule has 1 amide bonds. The fraction of sp³-hybridized carbons (Fsp3) is 0.929. The third-order valence-electron chi connectivity index (χ3n) is 3.92. The van der Waals surface area contributed by atoms with E-state index in [-0.39, 0.29) is 11.9 Å². The molecule has 4 heteroatoms. The van der Waals surface area contributed by atoms with Gasteiger partial charge in [0, 0.05) is 13.1 Å². The van der Waals surface area contributed by atoms with Crippen molar-refractivity contribution in [2.45, 2.75) is 46.6 Å². The lowest BCUT2D eigenvalue weighted by Gasteiger charge is -2.28. The zero-order valence-electron chi connectivity index (χ0n) is 12.3. The summed E-state index contributed by atoms with van der Waals surface area (Å²) in [5.41, 5.74) is 5.80. The highest BCUT2D eigenvalue weighted by Crippen LogP contribution is 2.33. The van der Waals surface area contributed by atoms with Crippen LogP contribution in [-0.4, -0.2) is 43.0 Å². The summed E-state index contributed by atoms with van der Waals surface area (Å²) < 4.78 is 0. The molecule has 0 saturated carbocycles. The van der Waals surface area contributed by atoms with Gasteiger partial charge in [-0.25, -0.2) is 0 Å². The van der Waals surface area contributed by atoms with Gasteiger partial charge in [-0.3, -0.25) is 4.79 Å². The SMILES string of the molecule is CCCNC(CN1CCC(C(C)(C)C)C1)C(N)=O. The maximum atomic E-state index is 11.4. The van der Waals surface area contributed by atoms with Crippen molar-refractivity contribution in [3.8, 4) is 0 Å². The Morgan fingerprint density at radius 1 is 1.50 bits per heavy atom. The summed E-state index contributed by atoms with van der Waals surface area (Å²) in [4.78, 5) is 13.8. The Kier molecular flexibility index (Phi) is 5.60. The summed E-state index contributed by atoms with van der Waals surface area (Å²) in [7, 11) is 0. The Morgan fingerprint density at radius 2 is 2.17 bits per heavy atom. The summed E-state index contributed by atoms with van der Waals surface area (Å²) in [6.45, 7) is 12.7. The van der Waals surface area contributed by atoms with Crippen LogP contribution >= 0.6 is 0 Å². The van der Waals surface area contributed by atoms with E-state index in [9.17, 15) is 4.79 Å². The second-order valence-electron chi connectivity index (χ2n) is 6.52. The Hall–Kier alpha value is -0.610. The van der Waals surface area contributed by atoms with Crippen molar-refractivity contribution in [3.05, 3.63) is 0 Å². The average Bonchev–Trinajstić information content (AvgIpc) is 2.71. The topological polar surface area (TPSA) is 58.4 Å². The van der Waals surface area contributed by atoms with Crippen LogP contribution in [0.5, 0.6) is 0 Å². The van der Waals surface area contributed by atoms with Crippen molar-refractivity contribution in [3.63, 3.8) is 0 Å². The van der Waals surface area contributed by atoms with Crippen LogP contribution in [0.15, 0.2) is 0 Å². The molecule has 1 heterocycles. The van der Waals surface area contributed by atoms with Crippen molar-refractivity contribution in [2.75, 3.05) is 26.2 Å². The molecule has 0 aliphatic carbocycles. The van der Waals surface area contributed by atoms with Crippen LogP contribution < -0.4 is 11.1 Å². The van der Waals surface area contributed by atoms with Crippen LogP contribution in [0, 0.1) is 11.3 Å². The maximum Gasteiger partial charge on any atom is 0.235 e. The molecule has 2 unspecified atom stereocenters. The normalized spacial score (nSPS) is 23.2. The minimum atomic E-state index is -0.234. The summed E-state index contributed by atoms with van der Waals surface area (Å²) in [5.74, 6) is 0.486. The molecule has 4 nitrogen and oxygen atoms in total. The van der Waals surface area contributed by atoms with Gasteiger partial charge in [-0.15, -0.1) is 0 Å². The van der Waals surface area contributed by atoms with E-state index in [0.29, 0.717) is 5.41 Å². The van der Waals surface area contributed by atoms with Crippen molar-refractivity contribution < 1.29 is 4.79 Å². The molecule has 0 aromatic rings. The van der Waals surface area contributed by atoms with Crippen molar-refractivity contribution in [1.29, 1.82) is 0 Å². The standard InChI is InChI=1S/C14H29N3O/c1-5-7-16-12(13(15)18)10-17-8-6-11(9-17)14(2,3)4/h11-12,16H,5-10H2,1-4H3,(H2,15,18). The molecule has 2 atom stereocenters. The van der Waals surface area contributed by atoms with Gasteiger partial charge in [0.25, 0.3) is 0 Å². The van der Waals surface area contributed by atoms with E-state index >= 15 is 0 Å². The number of rotatable bonds is 6. The first-order chi connectivity index (χ1) is 8.34. The van der Waals surface area contributed by atoms with Crippen molar-refractivity contribution >= 4 is 5.91 Å². The highest BCUT2D eigenvalue weighted by atomic mass is 16.1.